The SMILES string of the molecule is O=C(O)c1ccccc1[C@H]1[C@@H]2C(=O)N(c3ccc(Cl)cc3)C(=O)[C@@H]2ON1c1ccccc1. The Hall–Kier alpha value is -3.68. The Bertz CT molecular complexity index is 1210. The summed E-state index contributed by atoms with van der Waals surface area (Å²) in [5.41, 5.74) is 1.45. The van der Waals surface area contributed by atoms with E-state index in [4.69, 9.17) is 16.4 Å². The predicted molar refractivity (Wildman–Crippen MR) is 117 cm³/mol. The molecule has 3 aromatic carbocycles. The summed E-state index contributed by atoms with van der Waals surface area (Å²) < 4.78 is 0. The Labute approximate surface area is 188 Å². The van der Waals surface area contributed by atoms with E-state index < -0.39 is 35.8 Å². The van der Waals surface area contributed by atoms with Crippen LogP contribution in [-0.2, 0) is 14.4 Å². The number of nitrogens with zero attached hydrogens (tertiary/aromatic N) is 2. The maximum atomic E-state index is 13.5. The van der Waals surface area contributed by atoms with Crippen LogP contribution in [0.2, 0.25) is 5.02 Å². The molecule has 1 N–H and O–H groups in total. The Morgan fingerprint density at radius 3 is 2.19 bits per heavy atom. The molecule has 2 fully saturated rings. The number of anilines is 2. The lowest BCUT2D eigenvalue weighted by Crippen LogP contribution is -2.37. The summed E-state index contributed by atoms with van der Waals surface area (Å²) in [5, 5.41) is 11.7. The third-order valence-electron chi connectivity index (χ3n) is 5.72. The van der Waals surface area contributed by atoms with Gasteiger partial charge in [-0.15, -0.1) is 0 Å². The van der Waals surface area contributed by atoms with Crippen LogP contribution >= 0.6 is 11.6 Å². The number of halogens is 1. The molecule has 2 aliphatic rings. The summed E-state index contributed by atoms with van der Waals surface area (Å²) >= 11 is 5.95. The number of carboxylic acid groups (broad SMARTS) is 1. The van der Waals surface area contributed by atoms with E-state index in [0.717, 1.165) is 4.90 Å². The third-order valence-corrected chi connectivity index (χ3v) is 5.97. The van der Waals surface area contributed by atoms with Crippen molar-refractivity contribution in [2.24, 2.45) is 5.92 Å². The lowest BCUT2D eigenvalue weighted by molar-refractivity contribution is -0.126. The smallest absolute Gasteiger partial charge is 0.336 e. The molecule has 0 aliphatic carbocycles. The molecule has 0 spiro atoms. The van der Waals surface area contributed by atoms with Crippen molar-refractivity contribution in [3.63, 3.8) is 0 Å². The number of hydrogen-bond donors (Lipinski definition) is 1. The highest BCUT2D eigenvalue weighted by Crippen LogP contribution is 2.48. The van der Waals surface area contributed by atoms with E-state index in [-0.39, 0.29) is 5.56 Å². The summed E-state index contributed by atoms with van der Waals surface area (Å²) in [4.78, 5) is 45.9. The summed E-state index contributed by atoms with van der Waals surface area (Å²) in [6.07, 6.45) is -1.08. The fourth-order valence-electron chi connectivity index (χ4n) is 4.32. The highest BCUT2D eigenvalue weighted by molar-refractivity contribution is 6.31. The van der Waals surface area contributed by atoms with Gasteiger partial charge >= 0.3 is 5.97 Å². The van der Waals surface area contributed by atoms with E-state index in [1.807, 2.05) is 6.07 Å². The van der Waals surface area contributed by atoms with Gasteiger partial charge in [-0.2, -0.15) is 0 Å². The quantitative estimate of drug-likeness (QED) is 0.605. The molecule has 0 saturated carbocycles. The van der Waals surface area contributed by atoms with E-state index in [1.165, 1.54) is 11.1 Å². The molecule has 7 nitrogen and oxygen atoms in total. The van der Waals surface area contributed by atoms with Crippen molar-refractivity contribution in [3.8, 4) is 0 Å². The normalized spacial score (nSPS) is 22.3. The molecule has 3 aromatic rings. The Morgan fingerprint density at radius 1 is 0.844 bits per heavy atom. The first-order valence-corrected chi connectivity index (χ1v) is 10.3. The molecule has 5 rings (SSSR count). The van der Waals surface area contributed by atoms with Crippen molar-refractivity contribution in [1.82, 2.24) is 0 Å². The largest absolute Gasteiger partial charge is 0.478 e. The minimum Gasteiger partial charge on any atom is -0.478 e. The van der Waals surface area contributed by atoms with Crippen LogP contribution in [0, 0.1) is 5.92 Å². The molecule has 32 heavy (non-hydrogen) atoms. The van der Waals surface area contributed by atoms with E-state index in [2.05, 4.69) is 0 Å². The van der Waals surface area contributed by atoms with Gasteiger partial charge in [0.2, 0.25) is 5.91 Å². The number of carboxylic acids is 1. The number of imide groups is 1. The minimum absolute atomic E-state index is 0.0490. The number of carbonyl (C=O) groups is 3. The number of para-hydroxylation sites is 1. The second-order valence-electron chi connectivity index (χ2n) is 7.54. The molecule has 2 amide bonds. The molecular weight excluding hydrogens is 432 g/mol. The van der Waals surface area contributed by atoms with Crippen molar-refractivity contribution < 1.29 is 24.3 Å². The molecule has 2 aliphatic heterocycles. The van der Waals surface area contributed by atoms with Crippen molar-refractivity contribution in [2.75, 3.05) is 9.96 Å². The highest BCUT2D eigenvalue weighted by atomic mass is 35.5. The Kier molecular flexibility index (Phi) is 4.92. The number of aromatic carboxylic acids is 1. The van der Waals surface area contributed by atoms with Gasteiger partial charge in [0.1, 0.15) is 5.92 Å². The van der Waals surface area contributed by atoms with Crippen LogP contribution in [0.25, 0.3) is 0 Å². The van der Waals surface area contributed by atoms with Gasteiger partial charge in [-0.25, -0.2) is 14.8 Å². The van der Waals surface area contributed by atoms with Crippen LogP contribution in [0.5, 0.6) is 0 Å². The monoisotopic (exact) mass is 448 g/mol. The molecule has 0 unspecified atom stereocenters. The summed E-state index contributed by atoms with van der Waals surface area (Å²) in [5.74, 6) is -2.99. The summed E-state index contributed by atoms with van der Waals surface area (Å²) in [6.45, 7) is 0. The van der Waals surface area contributed by atoms with E-state index in [9.17, 15) is 19.5 Å². The zero-order valence-corrected chi connectivity index (χ0v) is 17.3. The first-order chi connectivity index (χ1) is 15.5. The van der Waals surface area contributed by atoms with Crippen LogP contribution in [0.4, 0.5) is 11.4 Å². The van der Waals surface area contributed by atoms with Gasteiger partial charge in [0.15, 0.2) is 6.10 Å². The van der Waals surface area contributed by atoms with Crippen molar-refractivity contribution in [3.05, 3.63) is 95.0 Å². The maximum Gasteiger partial charge on any atom is 0.336 e. The topological polar surface area (TPSA) is 87.2 Å². The molecule has 3 atom stereocenters. The zero-order valence-electron chi connectivity index (χ0n) is 16.6. The van der Waals surface area contributed by atoms with Crippen LogP contribution in [0.3, 0.4) is 0 Å². The average Bonchev–Trinajstić information content (AvgIpc) is 3.31. The van der Waals surface area contributed by atoms with E-state index >= 15 is 0 Å². The number of benzene rings is 3. The number of rotatable bonds is 4. The molecule has 2 heterocycles. The van der Waals surface area contributed by atoms with Crippen LogP contribution in [-0.4, -0.2) is 29.0 Å². The average molecular weight is 449 g/mol. The molecular formula is C24H17ClN2O5. The fourth-order valence-corrected chi connectivity index (χ4v) is 4.45. The van der Waals surface area contributed by atoms with E-state index in [0.29, 0.717) is 22.0 Å². The standard InChI is InChI=1S/C24H17ClN2O5/c25-14-10-12-15(13-11-14)26-22(28)19-20(17-8-4-5-9-18(17)24(30)31)27(32-21(19)23(26)29)16-6-2-1-3-7-16/h1-13,19-21H,(H,30,31)/t19-,20-,21+/m0/s1. The van der Waals surface area contributed by atoms with Crippen LogP contribution in [0.15, 0.2) is 78.9 Å². The number of fused-ring (bicyclic) bond motifs is 1. The first kappa shape index (κ1) is 20.2. The predicted octanol–water partition coefficient (Wildman–Crippen LogP) is 4.09. The van der Waals surface area contributed by atoms with E-state index in [1.54, 1.807) is 66.7 Å². The summed E-state index contributed by atoms with van der Waals surface area (Å²) in [6, 6.07) is 21.0. The lowest BCUT2D eigenvalue weighted by Gasteiger charge is -2.29. The fraction of sp³-hybridized carbons (Fsp3) is 0.125. The number of hydrogen-bond acceptors (Lipinski definition) is 5. The van der Waals surface area contributed by atoms with Crippen molar-refractivity contribution in [2.45, 2.75) is 12.1 Å². The number of hydroxylamine groups is 1. The molecule has 0 aromatic heterocycles. The number of carbonyl (C=O) groups excluding carboxylic acids is 2. The van der Waals surface area contributed by atoms with Gasteiger partial charge in [-0.05, 0) is 48.0 Å². The van der Waals surface area contributed by atoms with Crippen molar-refractivity contribution >= 4 is 40.8 Å². The Morgan fingerprint density at radius 2 is 1.50 bits per heavy atom. The Balaban J connectivity index is 1.63. The second kappa shape index (κ2) is 7.78. The van der Waals surface area contributed by atoms with Gasteiger partial charge in [0, 0.05) is 5.02 Å². The van der Waals surface area contributed by atoms with Gasteiger partial charge in [0.05, 0.1) is 23.0 Å². The second-order valence-corrected chi connectivity index (χ2v) is 7.98. The molecule has 8 heteroatoms. The van der Waals surface area contributed by atoms with Gasteiger partial charge in [-0.3, -0.25) is 14.4 Å². The number of amides is 2. The molecule has 0 radical (unpaired) electrons. The molecule has 2 saturated heterocycles. The molecule has 0 bridgehead atoms. The van der Waals surface area contributed by atoms with Gasteiger partial charge in [-0.1, -0.05) is 48.0 Å². The molecule has 160 valence electrons. The van der Waals surface area contributed by atoms with Crippen molar-refractivity contribution in [1.29, 1.82) is 0 Å². The highest BCUT2D eigenvalue weighted by Gasteiger charge is 2.60. The lowest BCUT2D eigenvalue weighted by atomic mass is 9.88. The minimum atomic E-state index is -1.12. The van der Waals surface area contributed by atoms with Crippen LogP contribution < -0.4 is 9.96 Å². The maximum absolute atomic E-state index is 13.5. The van der Waals surface area contributed by atoms with Gasteiger partial charge < -0.3 is 5.11 Å². The third kappa shape index (κ3) is 3.14. The first-order valence-electron chi connectivity index (χ1n) is 9.94. The van der Waals surface area contributed by atoms with Gasteiger partial charge in [0.25, 0.3) is 5.91 Å². The summed E-state index contributed by atoms with van der Waals surface area (Å²) in [7, 11) is 0. The zero-order chi connectivity index (χ0) is 22.4. The van der Waals surface area contributed by atoms with Crippen LogP contribution in [0.1, 0.15) is 22.0 Å².